The van der Waals surface area contributed by atoms with Gasteiger partial charge in [0.15, 0.2) is 0 Å². The summed E-state index contributed by atoms with van der Waals surface area (Å²) in [6.45, 7) is 1.91. The maximum Gasteiger partial charge on any atom is 0.254 e. The number of rotatable bonds is 4. The van der Waals surface area contributed by atoms with E-state index in [9.17, 15) is 9.18 Å². The second-order valence-electron chi connectivity index (χ2n) is 4.84. The van der Waals surface area contributed by atoms with E-state index in [0.29, 0.717) is 5.56 Å². The van der Waals surface area contributed by atoms with Gasteiger partial charge in [-0.05, 0) is 31.2 Å². The number of carbonyl (C=O) groups excluding carboxylic acids is 1. The Morgan fingerprint density at radius 1 is 1.19 bits per heavy atom. The number of carbonyl (C=O) groups is 1. The smallest absolute Gasteiger partial charge is 0.254 e. The molecule has 0 spiro atoms. The van der Waals surface area contributed by atoms with Gasteiger partial charge in [0, 0.05) is 18.2 Å². The lowest BCUT2D eigenvalue weighted by atomic mass is 10.0. The third kappa shape index (κ3) is 3.21. The molecule has 21 heavy (non-hydrogen) atoms. The van der Waals surface area contributed by atoms with E-state index in [1.54, 1.807) is 25.1 Å². The first kappa shape index (κ1) is 15.0. The van der Waals surface area contributed by atoms with Crippen LogP contribution in [0.4, 0.5) is 4.39 Å². The van der Waals surface area contributed by atoms with Crippen LogP contribution in [0.1, 0.15) is 28.9 Å². The summed E-state index contributed by atoms with van der Waals surface area (Å²) < 4.78 is 18.6. The molecular formula is C17H18FNO2. The summed E-state index contributed by atoms with van der Waals surface area (Å²) in [6.07, 6.45) is 0. The lowest BCUT2D eigenvalue weighted by molar-refractivity contribution is 0.0740. The number of hydrogen-bond acceptors (Lipinski definition) is 2. The maximum atomic E-state index is 13.2. The van der Waals surface area contributed by atoms with Crippen LogP contribution >= 0.6 is 0 Å². The molecule has 0 aromatic heterocycles. The van der Waals surface area contributed by atoms with Gasteiger partial charge in [-0.25, -0.2) is 4.39 Å². The van der Waals surface area contributed by atoms with Crippen LogP contribution in [0.5, 0.6) is 5.75 Å². The van der Waals surface area contributed by atoms with E-state index >= 15 is 0 Å². The van der Waals surface area contributed by atoms with Gasteiger partial charge in [-0.15, -0.1) is 0 Å². The van der Waals surface area contributed by atoms with Gasteiger partial charge in [0.1, 0.15) is 11.6 Å². The molecule has 2 aromatic rings. The molecule has 3 nitrogen and oxygen atoms in total. The highest BCUT2D eigenvalue weighted by atomic mass is 19.1. The fourth-order valence-electron chi connectivity index (χ4n) is 2.22. The molecule has 2 aromatic carbocycles. The second kappa shape index (κ2) is 6.39. The summed E-state index contributed by atoms with van der Waals surface area (Å²) in [5.74, 6) is 0.0796. The van der Waals surface area contributed by atoms with Gasteiger partial charge >= 0.3 is 0 Å². The van der Waals surface area contributed by atoms with Crippen LogP contribution < -0.4 is 4.74 Å². The van der Waals surface area contributed by atoms with Crippen molar-refractivity contribution in [2.75, 3.05) is 14.2 Å². The molecule has 0 fully saturated rings. The first-order chi connectivity index (χ1) is 10.0. The zero-order valence-corrected chi connectivity index (χ0v) is 12.3. The fourth-order valence-corrected chi connectivity index (χ4v) is 2.22. The summed E-state index contributed by atoms with van der Waals surface area (Å²) >= 11 is 0. The summed E-state index contributed by atoms with van der Waals surface area (Å²) in [6, 6.07) is 13.1. The van der Waals surface area contributed by atoms with Gasteiger partial charge in [0.05, 0.1) is 13.2 Å². The molecule has 1 amide bonds. The first-order valence-corrected chi connectivity index (χ1v) is 6.70. The topological polar surface area (TPSA) is 29.5 Å². The zero-order chi connectivity index (χ0) is 15.4. The van der Waals surface area contributed by atoms with Crippen molar-refractivity contribution in [1.82, 2.24) is 4.90 Å². The van der Waals surface area contributed by atoms with Crippen LogP contribution in [0.25, 0.3) is 0 Å². The third-order valence-electron chi connectivity index (χ3n) is 3.56. The minimum absolute atomic E-state index is 0.183. The van der Waals surface area contributed by atoms with E-state index in [0.717, 1.165) is 11.3 Å². The van der Waals surface area contributed by atoms with Crippen molar-refractivity contribution in [3.05, 3.63) is 65.5 Å². The van der Waals surface area contributed by atoms with Crippen molar-refractivity contribution in [1.29, 1.82) is 0 Å². The van der Waals surface area contributed by atoms with Crippen molar-refractivity contribution in [2.45, 2.75) is 13.0 Å². The molecule has 0 heterocycles. The Kier molecular flexibility index (Phi) is 4.58. The highest BCUT2D eigenvalue weighted by Crippen LogP contribution is 2.28. The van der Waals surface area contributed by atoms with Gasteiger partial charge < -0.3 is 9.64 Å². The fraction of sp³-hybridized carbons (Fsp3) is 0.235. The molecule has 0 aliphatic heterocycles. The molecule has 0 N–H and O–H groups in total. The van der Waals surface area contributed by atoms with E-state index < -0.39 is 5.82 Å². The normalized spacial score (nSPS) is 11.8. The molecule has 0 saturated carbocycles. The van der Waals surface area contributed by atoms with E-state index in [1.165, 1.54) is 18.2 Å². The third-order valence-corrected chi connectivity index (χ3v) is 3.56. The van der Waals surface area contributed by atoms with Crippen LogP contribution in [0.3, 0.4) is 0 Å². The van der Waals surface area contributed by atoms with Crippen LogP contribution in [0, 0.1) is 5.82 Å². The largest absolute Gasteiger partial charge is 0.496 e. The summed E-state index contributed by atoms with van der Waals surface area (Å²) in [5.41, 5.74) is 1.24. The number of para-hydroxylation sites is 1. The average molecular weight is 287 g/mol. The molecule has 2 rings (SSSR count). The molecule has 0 aliphatic rings. The minimum Gasteiger partial charge on any atom is -0.496 e. The quantitative estimate of drug-likeness (QED) is 0.858. The van der Waals surface area contributed by atoms with Crippen molar-refractivity contribution in [2.24, 2.45) is 0 Å². The SMILES string of the molecule is COc1ccccc1C(C)N(C)C(=O)c1cccc(F)c1. The van der Waals surface area contributed by atoms with Gasteiger partial charge in [-0.1, -0.05) is 24.3 Å². The summed E-state index contributed by atoms with van der Waals surface area (Å²) in [5, 5.41) is 0. The maximum absolute atomic E-state index is 13.2. The lowest BCUT2D eigenvalue weighted by Gasteiger charge is -2.26. The number of ether oxygens (including phenoxy) is 1. The van der Waals surface area contributed by atoms with Gasteiger partial charge in [0.2, 0.25) is 0 Å². The Labute approximate surface area is 124 Å². The highest BCUT2D eigenvalue weighted by molar-refractivity contribution is 5.94. The molecule has 1 atom stereocenters. The summed E-state index contributed by atoms with van der Waals surface area (Å²) in [4.78, 5) is 14.0. The molecule has 4 heteroatoms. The molecule has 0 radical (unpaired) electrons. The van der Waals surface area contributed by atoms with Crippen LogP contribution in [0.15, 0.2) is 48.5 Å². The monoisotopic (exact) mass is 287 g/mol. The Balaban J connectivity index is 2.26. The Bertz CT molecular complexity index is 642. The van der Waals surface area contributed by atoms with Crippen molar-refractivity contribution in [3.63, 3.8) is 0 Å². The lowest BCUT2D eigenvalue weighted by Crippen LogP contribution is -2.30. The van der Waals surface area contributed by atoms with Gasteiger partial charge in [-0.2, -0.15) is 0 Å². The number of hydrogen-bond donors (Lipinski definition) is 0. The van der Waals surface area contributed by atoms with E-state index in [-0.39, 0.29) is 11.9 Å². The predicted octanol–water partition coefficient (Wildman–Crippen LogP) is 3.67. The molecule has 110 valence electrons. The molecule has 0 aliphatic carbocycles. The Morgan fingerprint density at radius 2 is 1.90 bits per heavy atom. The van der Waals surface area contributed by atoms with Gasteiger partial charge in [-0.3, -0.25) is 4.79 Å². The van der Waals surface area contributed by atoms with E-state index in [2.05, 4.69) is 0 Å². The van der Waals surface area contributed by atoms with Crippen LogP contribution in [-0.4, -0.2) is 25.0 Å². The minimum atomic E-state index is -0.417. The average Bonchev–Trinajstić information content (AvgIpc) is 2.52. The van der Waals surface area contributed by atoms with Crippen molar-refractivity contribution >= 4 is 5.91 Å². The molecule has 1 unspecified atom stereocenters. The van der Waals surface area contributed by atoms with E-state index in [1.807, 2.05) is 31.2 Å². The first-order valence-electron chi connectivity index (χ1n) is 6.70. The van der Waals surface area contributed by atoms with Gasteiger partial charge in [0.25, 0.3) is 5.91 Å². The van der Waals surface area contributed by atoms with Crippen LogP contribution in [-0.2, 0) is 0 Å². The number of methoxy groups -OCH3 is 1. The molecule has 0 bridgehead atoms. The number of halogens is 1. The van der Waals surface area contributed by atoms with Crippen molar-refractivity contribution in [3.8, 4) is 5.75 Å². The molecular weight excluding hydrogens is 269 g/mol. The molecule has 0 saturated heterocycles. The van der Waals surface area contributed by atoms with E-state index in [4.69, 9.17) is 4.74 Å². The predicted molar refractivity (Wildman–Crippen MR) is 79.9 cm³/mol. The Hall–Kier alpha value is -2.36. The number of nitrogens with zero attached hydrogens (tertiary/aromatic N) is 1. The van der Waals surface area contributed by atoms with Crippen molar-refractivity contribution < 1.29 is 13.9 Å². The standard InChI is InChI=1S/C17H18FNO2/c1-12(15-9-4-5-10-16(15)21-3)19(2)17(20)13-7-6-8-14(18)11-13/h4-12H,1-3H3. The number of benzene rings is 2. The Morgan fingerprint density at radius 3 is 2.57 bits per heavy atom. The highest BCUT2D eigenvalue weighted by Gasteiger charge is 2.21. The number of amides is 1. The second-order valence-corrected chi connectivity index (χ2v) is 4.84. The van der Waals surface area contributed by atoms with Crippen LogP contribution in [0.2, 0.25) is 0 Å². The zero-order valence-electron chi connectivity index (χ0n) is 12.3. The summed E-state index contributed by atoms with van der Waals surface area (Å²) in [7, 11) is 3.30.